The molecule has 28 nitrogen and oxygen atoms in total. The van der Waals surface area contributed by atoms with Gasteiger partial charge >= 0.3 is 41.5 Å². The quantitative estimate of drug-likeness (QED) is 0.0247. The maximum atomic E-state index is 13.1. The molecule has 0 unspecified atom stereocenters. The Hall–Kier alpha value is -11.1. The summed E-state index contributed by atoms with van der Waals surface area (Å²) in [6.45, 7) is 2.09. The Kier molecular flexibility index (Phi) is 34.1. The summed E-state index contributed by atoms with van der Waals surface area (Å²) < 4.78 is 61.6. The zero-order chi connectivity index (χ0) is 73.5. The number of nitrogens with one attached hydrogen (secondary N) is 4. The number of nitrogens with zero attached hydrogens (tertiary/aromatic N) is 8. The van der Waals surface area contributed by atoms with E-state index in [1.165, 1.54) is 90.9 Å². The largest absolute Gasteiger partial charge is 1.00 e. The molecule has 0 spiro atoms. The molecule has 33 heteroatoms. The number of carbonyl (C=O) groups is 5. The predicted octanol–water partition coefficient (Wildman–Crippen LogP) is 7.39. The molecule has 0 bridgehead atoms. The fraction of sp³-hybridized carbons (Fsp3) is 0.257. The number of aryl methyl sites for hydroxylation is 3. The maximum Gasteiger partial charge on any atom is 1.00 e. The second-order valence-electron chi connectivity index (χ2n) is 23.7. The first-order chi connectivity index (χ1) is 49.7. The summed E-state index contributed by atoms with van der Waals surface area (Å²) in [6.07, 6.45) is 15.2. The van der Waals surface area contributed by atoms with Gasteiger partial charge in [0.2, 0.25) is 11.8 Å². The monoisotopic (exact) mass is 1490 g/mol. The predicted molar refractivity (Wildman–Crippen MR) is 383 cm³/mol. The van der Waals surface area contributed by atoms with E-state index >= 15 is 0 Å². The number of carboxylic acids is 2. The number of hydrazine groups is 3. The molecule has 558 valence electrons. The number of nitrogen functional groups attached to an aromatic ring is 1. The Morgan fingerprint density at radius 2 is 0.701 bits per heavy atom. The molecule has 0 saturated carbocycles. The first-order valence-corrected chi connectivity index (χ1v) is 32.9. The standard InChI is InChI=1S/C22H21FN4O3.C22H19FN4O2.C15H16N2O3.C7H7FN2O.C7H5FO2.CH4.H4N2O.Na.2H2O/c23-16-9-6-14(7-10-16)20(28)25-26-21(29)15-8-11-17-18(13-15)24-19-5-3-1-2-4-12-27(19)22(17)30;23-16-9-6-14(7-10-16)20-25-26-21(29-20)15-8-11-17-18(13-15)24-19-5-3-1-2-4-12-27(19)22(17)28;18-14-11-7-6-10(15(19)20)9-12(11)16-13-5-3-1-2-4-8-17(13)14;8-6-3-1-5(2-4-6)7(11)10-9;8-6-3-1-5(2-4-6)7(9)10;;1-2-3;;;/h6-11,13H,1-5,12H2,(H,25,28)(H,26,29);6-11,13H,1-5,12H2;6-7,9H,1-5,8H2,(H,19,20);1-4H,9H2,(H,10,11);1-4H,(H,9,10);1H4;2-3H,1H2;;2*1H2/q;;;;;;;+1;;/p-2. The summed E-state index contributed by atoms with van der Waals surface area (Å²) in [4.78, 5) is 109. The van der Waals surface area contributed by atoms with Crippen LogP contribution < -0.4 is 79.8 Å². The van der Waals surface area contributed by atoms with E-state index in [9.17, 15) is 55.9 Å². The van der Waals surface area contributed by atoms with Crippen LogP contribution in [0.15, 0.2) is 170 Å². The van der Waals surface area contributed by atoms with Gasteiger partial charge in [-0.2, -0.15) is 0 Å². The van der Waals surface area contributed by atoms with Gasteiger partial charge in [-0.15, -0.1) is 15.8 Å². The topological polar surface area (TPSA) is 450 Å². The number of fused-ring (bicyclic) bond motifs is 6. The van der Waals surface area contributed by atoms with Gasteiger partial charge in [-0.25, -0.2) is 53.8 Å². The van der Waals surface area contributed by atoms with Crippen LogP contribution in [0.5, 0.6) is 0 Å². The van der Waals surface area contributed by atoms with E-state index in [4.69, 9.17) is 30.7 Å². The fourth-order valence-corrected chi connectivity index (χ4v) is 11.4. The van der Waals surface area contributed by atoms with Crippen molar-refractivity contribution in [3.63, 3.8) is 0 Å². The van der Waals surface area contributed by atoms with Crippen molar-refractivity contribution in [2.45, 2.75) is 123 Å². The average molecular weight is 1490 g/mol. The SMILES string of the molecule is C.NNC(=O)c1ccc(F)cc1.NNO.O=C(NNC(=O)c1ccc2c(=O)n3c(nc2c1)CCCCCC3)c1ccc(F)cc1.O=C(O)c1ccc(F)cc1.O=C(O)c1ccc2c(=O)n3c(nc2c1)CCCCCC3.O=c1c2ccc(-c3nnc(-c4ccc(F)cc4)o3)cc2nc2n1CCCCCC2.[Na+].[OH-].[OH-]. The molecule has 11 aromatic rings. The summed E-state index contributed by atoms with van der Waals surface area (Å²) in [5, 5.41) is 34.2. The van der Waals surface area contributed by atoms with Gasteiger partial charge in [-0.05, 0) is 190 Å². The number of carbonyl (C=O) groups excluding carboxylic acids is 3. The van der Waals surface area contributed by atoms with E-state index < -0.39 is 41.3 Å². The van der Waals surface area contributed by atoms with Crippen LogP contribution in [-0.4, -0.2) is 94.9 Å². The molecule has 3 aliphatic rings. The van der Waals surface area contributed by atoms with Crippen molar-refractivity contribution in [1.29, 1.82) is 0 Å². The van der Waals surface area contributed by atoms with E-state index in [0.717, 1.165) is 138 Å². The van der Waals surface area contributed by atoms with E-state index in [0.29, 0.717) is 74.3 Å². The molecule has 107 heavy (non-hydrogen) atoms. The number of aromatic carboxylic acids is 2. The molecule has 0 aliphatic carbocycles. The third-order valence-electron chi connectivity index (χ3n) is 16.7. The van der Waals surface area contributed by atoms with Crippen LogP contribution in [0, 0.1) is 23.3 Å². The average Bonchev–Trinajstić information content (AvgIpc) is 1.74. The minimum atomic E-state index is -1.04. The first-order valence-electron chi connectivity index (χ1n) is 32.9. The summed E-state index contributed by atoms with van der Waals surface area (Å²) in [5.41, 5.74) is 11.7. The Morgan fingerprint density at radius 3 is 1.09 bits per heavy atom. The first kappa shape index (κ1) is 86.6. The number of hydrogen-bond donors (Lipinski definition) is 9. The minimum absolute atomic E-state index is 0. The molecule has 7 aromatic carbocycles. The van der Waals surface area contributed by atoms with E-state index in [-0.39, 0.29) is 98.5 Å². The number of benzene rings is 7. The normalized spacial score (nSPS) is 12.6. The smallest absolute Gasteiger partial charge is 0.870 e. The van der Waals surface area contributed by atoms with Crippen LogP contribution in [0.3, 0.4) is 0 Å². The third-order valence-corrected chi connectivity index (χ3v) is 16.7. The van der Waals surface area contributed by atoms with Gasteiger partial charge in [0.1, 0.15) is 40.7 Å². The van der Waals surface area contributed by atoms with Gasteiger partial charge in [-0.1, -0.05) is 46.0 Å². The van der Waals surface area contributed by atoms with Gasteiger partial charge in [0.25, 0.3) is 34.4 Å². The molecular formula is C74H78F4N14NaO14-. The molecule has 0 atom stereocenters. The summed E-state index contributed by atoms with van der Waals surface area (Å²) in [7, 11) is 0. The van der Waals surface area contributed by atoms with Gasteiger partial charge in [0.15, 0.2) is 0 Å². The zero-order valence-electron chi connectivity index (χ0n) is 57.3. The van der Waals surface area contributed by atoms with Crippen LogP contribution in [0.1, 0.15) is 154 Å². The molecule has 0 fully saturated rings. The number of amides is 3. The van der Waals surface area contributed by atoms with Crippen LogP contribution in [-0.2, 0) is 38.9 Å². The molecule has 3 amide bonds. The van der Waals surface area contributed by atoms with Crippen LogP contribution in [0.4, 0.5) is 17.6 Å². The Labute approximate surface area is 630 Å². The number of nitrogens with two attached hydrogens (primary N) is 2. The summed E-state index contributed by atoms with van der Waals surface area (Å²) in [5.74, 6) is 6.86. The Bertz CT molecular complexity index is 5030. The van der Waals surface area contributed by atoms with E-state index in [1.54, 1.807) is 51.6 Å². The van der Waals surface area contributed by atoms with Crippen molar-refractivity contribution < 1.29 is 102 Å². The second kappa shape index (κ2) is 42.2. The van der Waals surface area contributed by atoms with Gasteiger partial charge < -0.3 is 30.8 Å². The number of rotatable bonds is 7. The van der Waals surface area contributed by atoms with Gasteiger partial charge in [-0.3, -0.25) is 58.7 Å². The van der Waals surface area contributed by atoms with Crippen molar-refractivity contribution in [2.75, 3.05) is 0 Å². The van der Waals surface area contributed by atoms with Crippen molar-refractivity contribution in [1.82, 2.24) is 60.7 Å². The molecule has 14 rings (SSSR count). The number of carboxylic acid groups (broad SMARTS) is 2. The van der Waals surface area contributed by atoms with Crippen LogP contribution >= 0.6 is 0 Å². The van der Waals surface area contributed by atoms with Crippen LogP contribution in [0.2, 0.25) is 0 Å². The minimum Gasteiger partial charge on any atom is -0.870 e. The Balaban J connectivity index is 0.000000248. The molecule has 0 saturated heterocycles. The molecule has 3 aliphatic heterocycles. The van der Waals surface area contributed by atoms with Crippen LogP contribution in [0.25, 0.3) is 55.6 Å². The molecule has 7 heterocycles. The van der Waals surface area contributed by atoms with Crippen molar-refractivity contribution in [2.24, 2.45) is 11.7 Å². The summed E-state index contributed by atoms with van der Waals surface area (Å²) >= 11 is 0. The van der Waals surface area contributed by atoms with E-state index in [2.05, 4.69) is 36.9 Å². The van der Waals surface area contributed by atoms with Gasteiger partial charge in [0.05, 0.1) is 43.8 Å². The molecule has 0 radical (unpaired) electrons. The number of hydrogen-bond acceptors (Lipinski definition) is 20. The number of aromatic nitrogens is 8. The molecule has 13 N–H and O–H groups in total. The fourth-order valence-electron chi connectivity index (χ4n) is 11.4. The number of halogens is 4. The van der Waals surface area contributed by atoms with Gasteiger partial charge in [0, 0.05) is 66.7 Å². The summed E-state index contributed by atoms with van der Waals surface area (Å²) in [6, 6.07) is 35.2. The van der Waals surface area contributed by atoms with Crippen molar-refractivity contribution in [3.05, 3.63) is 251 Å². The van der Waals surface area contributed by atoms with Crippen molar-refractivity contribution in [3.8, 4) is 22.9 Å². The maximum absolute atomic E-state index is 13.1. The zero-order valence-corrected chi connectivity index (χ0v) is 59.3. The Morgan fingerprint density at radius 1 is 0.402 bits per heavy atom. The molecule has 4 aromatic heterocycles. The van der Waals surface area contributed by atoms with E-state index in [1.807, 2.05) is 16.1 Å². The molecular weight excluding hydrogens is 1410 g/mol. The second-order valence-corrected chi connectivity index (χ2v) is 23.7. The van der Waals surface area contributed by atoms with Crippen molar-refractivity contribution >= 4 is 62.4 Å². The third kappa shape index (κ3) is 23.5.